The van der Waals surface area contributed by atoms with E-state index in [-0.39, 0.29) is 37.4 Å². The van der Waals surface area contributed by atoms with Gasteiger partial charge in [0.2, 0.25) is 0 Å². The Bertz CT molecular complexity index is 781. The van der Waals surface area contributed by atoms with Gasteiger partial charge in [-0.25, -0.2) is 4.79 Å². The summed E-state index contributed by atoms with van der Waals surface area (Å²) in [5.41, 5.74) is -1.09. The molecule has 2 rings (SSSR count). The molecule has 0 aromatic carbocycles. The van der Waals surface area contributed by atoms with Crippen LogP contribution < -0.4 is 10.6 Å². The number of allylic oxidation sites excluding steroid dienone is 1. The molecule has 2 amide bonds. The van der Waals surface area contributed by atoms with Crippen molar-refractivity contribution in [3.63, 3.8) is 0 Å². The summed E-state index contributed by atoms with van der Waals surface area (Å²) in [5.74, 6) is -0.205. The van der Waals surface area contributed by atoms with Crippen LogP contribution in [0.5, 0.6) is 0 Å². The molecule has 3 N–H and O–H groups in total. The van der Waals surface area contributed by atoms with Crippen molar-refractivity contribution in [3.05, 3.63) is 20.8 Å². The number of carbonyl (C=O) groups is 3. The topological polar surface area (TPSA) is 136 Å². The van der Waals surface area contributed by atoms with Crippen molar-refractivity contribution >= 4 is 55.4 Å². The molecule has 0 saturated carbocycles. The van der Waals surface area contributed by atoms with Gasteiger partial charge in [-0.15, -0.1) is 0 Å². The SMILES string of the molecule is COC(=O)NCC(=O)CCCNC(=O)C1=NOC2(C=C(Br)C(OC)=C(Br)C2O)C1. The molecule has 29 heavy (non-hydrogen) atoms. The highest BCUT2D eigenvalue weighted by atomic mass is 79.9. The fourth-order valence-electron chi connectivity index (χ4n) is 2.74. The Morgan fingerprint density at radius 1 is 1.34 bits per heavy atom. The smallest absolute Gasteiger partial charge is 0.407 e. The number of halogens is 2. The van der Waals surface area contributed by atoms with Gasteiger partial charge >= 0.3 is 6.09 Å². The van der Waals surface area contributed by atoms with Crippen LogP contribution in [-0.2, 0) is 23.9 Å². The Morgan fingerprint density at radius 3 is 2.72 bits per heavy atom. The molecular formula is C17H21Br2N3O7. The van der Waals surface area contributed by atoms with Crippen LogP contribution in [0.2, 0.25) is 0 Å². The number of oxime groups is 1. The number of carbonyl (C=O) groups excluding carboxylic acids is 3. The molecule has 1 aliphatic carbocycles. The van der Waals surface area contributed by atoms with Crippen LogP contribution in [0.1, 0.15) is 19.3 Å². The van der Waals surface area contributed by atoms with E-state index in [9.17, 15) is 19.5 Å². The highest BCUT2D eigenvalue weighted by Gasteiger charge is 2.50. The molecule has 0 bridgehead atoms. The van der Waals surface area contributed by atoms with Crippen molar-refractivity contribution in [3.8, 4) is 0 Å². The number of Topliss-reactive ketones (excluding diaryl/α,β-unsaturated/α-hetero) is 1. The maximum absolute atomic E-state index is 12.3. The van der Waals surface area contributed by atoms with Gasteiger partial charge in [0.15, 0.2) is 11.4 Å². The number of ketones is 1. The second kappa shape index (κ2) is 10.2. The summed E-state index contributed by atoms with van der Waals surface area (Å²) < 4.78 is 10.5. The minimum absolute atomic E-state index is 0.0587. The summed E-state index contributed by atoms with van der Waals surface area (Å²) >= 11 is 6.65. The lowest BCUT2D eigenvalue weighted by Gasteiger charge is -2.33. The Balaban J connectivity index is 1.80. The number of aliphatic hydroxyl groups is 1. The second-order valence-corrected chi connectivity index (χ2v) is 7.99. The van der Waals surface area contributed by atoms with Crippen molar-refractivity contribution in [1.29, 1.82) is 0 Å². The molecule has 1 aliphatic heterocycles. The number of hydrogen-bond acceptors (Lipinski definition) is 8. The molecule has 0 aromatic rings. The summed E-state index contributed by atoms with van der Waals surface area (Å²) in [6.45, 7) is 0.114. The van der Waals surface area contributed by atoms with E-state index in [0.717, 1.165) is 0 Å². The van der Waals surface area contributed by atoms with Crippen LogP contribution in [0.25, 0.3) is 0 Å². The highest BCUT2D eigenvalue weighted by Crippen LogP contribution is 2.43. The van der Waals surface area contributed by atoms with Crippen LogP contribution >= 0.6 is 31.9 Å². The number of alkyl carbamates (subject to hydrolysis) is 1. The summed E-state index contributed by atoms with van der Waals surface area (Å²) in [7, 11) is 2.68. The van der Waals surface area contributed by atoms with E-state index >= 15 is 0 Å². The van der Waals surface area contributed by atoms with E-state index in [1.54, 1.807) is 6.08 Å². The predicted octanol–water partition coefficient (Wildman–Crippen LogP) is 1.23. The Kier molecular flexibility index (Phi) is 8.23. The maximum Gasteiger partial charge on any atom is 0.407 e. The molecule has 0 aromatic heterocycles. The van der Waals surface area contributed by atoms with Crippen LogP contribution in [0.4, 0.5) is 4.79 Å². The van der Waals surface area contributed by atoms with Gasteiger partial charge in [-0.05, 0) is 44.4 Å². The molecule has 1 spiro atoms. The quantitative estimate of drug-likeness (QED) is 0.395. The van der Waals surface area contributed by atoms with Gasteiger partial charge in [-0.1, -0.05) is 5.16 Å². The van der Waals surface area contributed by atoms with E-state index in [4.69, 9.17) is 9.57 Å². The Hall–Kier alpha value is -1.92. The normalized spacial score (nSPS) is 23.1. The molecule has 0 saturated heterocycles. The van der Waals surface area contributed by atoms with E-state index in [1.807, 2.05) is 0 Å². The van der Waals surface area contributed by atoms with Gasteiger partial charge in [0.25, 0.3) is 5.91 Å². The summed E-state index contributed by atoms with van der Waals surface area (Å²) in [5, 5.41) is 19.3. The first-order valence-electron chi connectivity index (χ1n) is 8.61. The number of aliphatic hydroxyl groups excluding tert-OH is 1. The standard InChI is InChI=1S/C17H21Br2N3O7/c1-27-13-10(18)6-17(14(24)12(13)19)7-11(22-29-17)15(25)20-5-3-4-9(23)8-21-16(26)28-2/h6,14,24H,3-5,7-8H2,1-2H3,(H,20,25)(H,21,26). The number of rotatable bonds is 8. The molecule has 1 heterocycles. The van der Waals surface area contributed by atoms with Crippen LogP contribution in [0.3, 0.4) is 0 Å². The van der Waals surface area contributed by atoms with Gasteiger partial charge in [0.05, 0.1) is 29.7 Å². The lowest BCUT2D eigenvalue weighted by Crippen LogP contribution is -2.45. The molecule has 0 fully saturated rings. The van der Waals surface area contributed by atoms with Crippen molar-refractivity contribution in [2.45, 2.75) is 31.0 Å². The monoisotopic (exact) mass is 537 g/mol. The van der Waals surface area contributed by atoms with Crippen LogP contribution in [-0.4, -0.2) is 67.6 Å². The van der Waals surface area contributed by atoms with Crippen molar-refractivity contribution < 1.29 is 33.8 Å². The van der Waals surface area contributed by atoms with Gasteiger partial charge in [0.1, 0.15) is 17.6 Å². The first kappa shape index (κ1) is 23.4. The molecule has 2 atom stereocenters. The molecule has 160 valence electrons. The van der Waals surface area contributed by atoms with E-state index in [0.29, 0.717) is 21.1 Å². The fraction of sp³-hybridized carbons (Fsp3) is 0.529. The highest BCUT2D eigenvalue weighted by molar-refractivity contribution is 9.12. The van der Waals surface area contributed by atoms with Gasteiger partial charge in [-0.3, -0.25) is 9.59 Å². The summed E-state index contributed by atoms with van der Waals surface area (Å²) in [4.78, 5) is 40.3. The van der Waals surface area contributed by atoms with Gasteiger partial charge in [-0.2, -0.15) is 0 Å². The zero-order valence-corrected chi connectivity index (χ0v) is 19.0. The van der Waals surface area contributed by atoms with E-state index < -0.39 is 23.7 Å². The molecule has 12 heteroatoms. The number of hydrogen-bond donors (Lipinski definition) is 3. The Morgan fingerprint density at radius 2 is 2.07 bits per heavy atom. The predicted molar refractivity (Wildman–Crippen MR) is 110 cm³/mol. The van der Waals surface area contributed by atoms with E-state index in [2.05, 4.69) is 52.4 Å². The fourth-order valence-corrected chi connectivity index (χ4v) is 4.53. The summed E-state index contributed by atoms with van der Waals surface area (Å²) in [6, 6.07) is 0. The third-order valence-electron chi connectivity index (χ3n) is 4.28. The molecule has 2 unspecified atom stereocenters. The molecule has 0 radical (unpaired) electrons. The number of amides is 2. The largest absolute Gasteiger partial charge is 0.495 e. The van der Waals surface area contributed by atoms with Crippen molar-refractivity contribution in [2.24, 2.45) is 5.16 Å². The van der Waals surface area contributed by atoms with Crippen molar-refractivity contribution in [1.82, 2.24) is 10.6 Å². The van der Waals surface area contributed by atoms with E-state index in [1.165, 1.54) is 14.2 Å². The first-order valence-corrected chi connectivity index (χ1v) is 10.2. The number of methoxy groups -OCH3 is 2. The zero-order valence-electron chi connectivity index (χ0n) is 15.8. The number of ether oxygens (including phenoxy) is 2. The first-order chi connectivity index (χ1) is 13.7. The lowest BCUT2D eigenvalue weighted by atomic mass is 9.87. The van der Waals surface area contributed by atoms with Gasteiger partial charge < -0.3 is 30.1 Å². The lowest BCUT2D eigenvalue weighted by molar-refractivity contribution is -0.119. The second-order valence-electron chi connectivity index (χ2n) is 6.28. The average molecular weight is 539 g/mol. The third kappa shape index (κ3) is 5.58. The van der Waals surface area contributed by atoms with Crippen LogP contribution in [0, 0.1) is 0 Å². The minimum atomic E-state index is -1.22. The summed E-state index contributed by atoms with van der Waals surface area (Å²) in [6.07, 6.45) is 0.466. The zero-order chi connectivity index (χ0) is 21.6. The number of nitrogens with zero attached hydrogens (tertiary/aromatic N) is 1. The van der Waals surface area contributed by atoms with Crippen LogP contribution in [0.15, 0.2) is 26.0 Å². The maximum atomic E-state index is 12.3. The third-order valence-corrected chi connectivity index (χ3v) is 5.66. The number of nitrogens with one attached hydrogen (secondary N) is 2. The minimum Gasteiger partial charge on any atom is -0.495 e. The molecule has 10 nitrogen and oxygen atoms in total. The molecule has 2 aliphatic rings. The van der Waals surface area contributed by atoms with Gasteiger partial charge in [0, 0.05) is 19.4 Å². The Labute approximate surface area is 183 Å². The average Bonchev–Trinajstić information content (AvgIpc) is 3.12. The van der Waals surface area contributed by atoms with Crippen molar-refractivity contribution in [2.75, 3.05) is 27.3 Å². The molecular weight excluding hydrogens is 518 g/mol.